The molecule has 8 nitrogen and oxygen atoms in total. The Morgan fingerprint density at radius 3 is 2.71 bits per heavy atom. The Morgan fingerprint density at radius 1 is 1.12 bits per heavy atom. The van der Waals surface area contributed by atoms with Gasteiger partial charge in [-0.3, -0.25) is 4.79 Å². The molecule has 0 saturated carbocycles. The zero-order chi connectivity index (χ0) is 16.5. The molecule has 2 heterocycles. The topological polar surface area (TPSA) is 94.3 Å². The van der Waals surface area contributed by atoms with Gasteiger partial charge in [0.15, 0.2) is 5.82 Å². The number of hydrogen-bond acceptors (Lipinski definition) is 6. The van der Waals surface area contributed by atoms with Crippen molar-refractivity contribution < 1.29 is 9.53 Å². The fourth-order valence-electron chi connectivity index (χ4n) is 2.41. The summed E-state index contributed by atoms with van der Waals surface area (Å²) in [5.74, 6) is 0.685. The molecule has 118 valence electrons. The van der Waals surface area contributed by atoms with Crippen LogP contribution in [0.5, 0.6) is 5.75 Å². The number of nitrogens with zero attached hydrogens (tertiary/aromatic N) is 5. The molecule has 0 unspecified atom stereocenters. The number of benzene rings is 2. The van der Waals surface area contributed by atoms with Crippen molar-refractivity contribution in [1.82, 2.24) is 25.0 Å². The Bertz CT molecular complexity index is 1040. The van der Waals surface area contributed by atoms with E-state index in [1.54, 1.807) is 35.9 Å². The second-order valence-electron chi connectivity index (χ2n) is 5.05. The number of carbonyl (C=O) groups excluding carboxylic acids is 1. The summed E-state index contributed by atoms with van der Waals surface area (Å²) in [6.07, 6.45) is 0. The van der Waals surface area contributed by atoms with Gasteiger partial charge in [-0.1, -0.05) is 12.1 Å². The predicted molar refractivity (Wildman–Crippen MR) is 87.0 cm³/mol. The van der Waals surface area contributed by atoms with Crippen molar-refractivity contribution in [3.63, 3.8) is 0 Å². The number of anilines is 1. The van der Waals surface area contributed by atoms with E-state index in [1.165, 1.54) is 0 Å². The number of amides is 1. The summed E-state index contributed by atoms with van der Waals surface area (Å²) >= 11 is 0. The number of ether oxygens (including phenoxy) is 1. The normalized spacial score (nSPS) is 10.9. The Balaban J connectivity index is 1.75. The third-order valence-corrected chi connectivity index (χ3v) is 3.61. The Labute approximate surface area is 136 Å². The number of hydrogen-bond donors (Lipinski definition) is 1. The molecule has 0 fully saturated rings. The molecule has 2 aromatic heterocycles. The van der Waals surface area contributed by atoms with E-state index in [0.717, 1.165) is 5.52 Å². The van der Waals surface area contributed by atoms with Crippen molar-refractivity contribution in [3.8, 4) is 5.75 Å². The molecule has 0 aliphatic heterocycles. The summed E-state index contributed by atoms with van der Waals surface area (Å²) in [6, 6.07) is 14.2. The van der Waals surface area contributed by atoms with Gasteiger partial charge in [-0.2, -0.15) is 4.52 Å². The molecular weight excluding hydrogens is 308 g/mol. The number of tetrazole rings is 1. The van der Waals surface area contributed by atoms with E-state index in [0.29, 0.717) is 28.3 Å². The van der Waals surface area contributed by atoms with Gasteiger partial charge in [0.25, 0.3) is 5.91 Å². The maximum Gasteiger partial charge on any atom is 0.256 e. The van der Waals surface area contributed by atoms with E-state index >= 15 is 0 Å². The summed E-state index contributed by atoms with van der Waals surface area (Å²) in [5.41, 5.74) is 2.31. The number of aromatic nitrogens is 5. The van der Waals surface area contributed by atoms with Crippen molar-refractivity contribution >= 4 is 28.4 Å². The van der Waals surface area contributed by atoms with Crippen LogP contribution in [0.4, 0.5) is 5.82 Å². The van der Waals surface area contributed by atoms with Crippen LogP contribution in [0.1, 0.15) is 10.4 Å². The molecule has 0 bridgehead atoms. The molecule has 0 atom stereocenters. The smallest absolute Gasteiger partial charge is 0.256 e. The Kier molecular flexibility index (Phi) is 3.27. The standard InChI is InChI=1S/C16H12N6O2/c1-24-11-8-6-10(7-9-11)16(23)18-14-15-19-20-21-22(15)13-5-3-2-4-12(13)17-14/h2-9H,1H3,(H,17,18,23). The van der Waals surface area contributed by atoms with Gasteiger partial charge in [0.05, 0.1) is 18.1 Å². The van der Waals surface area contributed by atoms with Crippen LogP contribution in [0.15, 0.2) is 48.5 Å². The van der Waals surface area contributed by atoms with Crippen molar-refractivity contribution in [2.24, 2.45) is 0 Å². The minimum atomic E-state index is -0.301. The number of methoxy groups -OCH3 is 1. The first-order valence-corrected chi connectivity index (χ1v) is 7.18. The second-order valence-corrected chi connectivity index (χ2v) is 5.05. The zero-order valence-corrected chi connectivity index (χ0v) is 12.7. The van der Waals surface area contributed by atoms with Crippen LogP contribution in [-0.2, 0) is 0 Å². The summed E-state index contributed by atoms with van der Waals surface area (Å²) < 4.78 is 6.64. The number of para-hydroxylation sites is 2. The van der Waals surface area contributed by atoms with Gasteiger partial charge in [0.1, 0.15) is 5.75 Å². The highest BCUT2D eigenvalue weighted by Crippen LogP contribution is 2.20. The van der Waals surface area contributed by atoms with Gasteiger partial charge < -0.3 is 10.1 Å². The summed E-state index contributed by atoms with van der Waals surface area (Å²) in [5, 5.41) is 14.3. The first kappa shape index (κ1) is 14.1. The lowest BCUT2D eigenvalue weighted by Gasteiger charge is -2.07. The second kappa shape index (κ2) is 5.58. The van der Waals surface area contributed by atoms with Gasteiger partial charge in [0, 0.05) is 5.56 Å². The van der Waals surface area contributed by atoms with Crippen molar-refractivity contribution in [2.75, 3.05) is 12.4 Å². The summed E-state index contributed by atoms with van der Waals surface area (Å²) in [6.45, 7) is 0. The van der Waals surface area contributed by atoms with E-state index in [2.05, 4.69) is 25.8 Å². The summed E-state index contributed by atoms with van der Waals surface area (Å²) in [7, 11) is 1.57. The number of nitrogens with one attached hydrogen (secondary N) is 1. The van der Waals surface area contributed by atoms with Crippen LogP contribution < -0.4 is 10.1 Å². The monoisotopic (exact) mass is 320 g/mol. The molecule has 0 saturated heterocycles. The number of carbonyl (C=O) groups is 1. The van der Waals surface area contributed by atoms with Crippen molar-refractivity contribution in [2.45, 2.75) is 0 Å². The molecule has 0 spiro atoms. The van der Waals surface area contributed by atoms with Gasteiger partial charge in [0.2, 0.25) is 5.65 Å². The predicted octanol–water partition coefficient (Wildman–Crippen LogP) is 1.93. The fraction of sp³-hybridized carbons (Fsp3) is 0.0625. The molecule has 4 aromatic rings. The molecule has 1 N–H and O–H groups in total. The molecular formula is C16H12N6O2. The Morgan fingerprint density at radius 2 is 1.92 bits per heavy atom. The fourth-order valence-corrected chi connectivity index (χ4v) is 2.41. The minimum absolute atomic E-state index is 0.301. The lowest BCUT2D eigenvalue weighted by molar-refractivity contribution is 0.102. The van der Waals surface area contributed by atoms with E-state index in [-0.39, 0.29) is 5.91 Å². The first-order chi connectivity index (χ1) is 11.8. The van der Waals surface area contributed by atoms with Gasteiger partial charge >= 0.3 is 0 Å². The maximum atomic E-state index is 12.4. The molecule has 4 rings (SSSR count). The Hall–Kier alpha value is -3.55. The van der Waals surface area contributed by atoms with Gasteiger partial charge in [-0.25, -0.2) is 4.98 Å². The average molecular weight is 320 g/mol. The van der Waals surface area contributed by atoms with Crippen LogP contribution in [-0.4, -0.2) is 38.0 Å². The number of fused-ring (bicyclic) bond motifs is 3. The maximum absolute atomic E-state index is 12.4. The van der Waals surface area contributed by atoms with E-state index in [4.69, 9.17) is 4.74 Å². The first-order valence-electron chi connectivity index (χ1n) is 7.18. The number of rotatable bonds is 3. The van der Waals surface area contributed by atoms with E-state index < -0.39 is 0 Å². The van der Waals surface area contributed by atoms with Crippen LogP contribution in [0.2, 0.25) is 0 Å². The van der Waals surface area contributed by atoms with Gasteiger partial charge in [-0.05, 0) is 46.8 Å². The third kappa shape index (κ3) is 2.30. The highest BCUT2D eigenvalue weighted by molar-refractivity contribution is 6.05. The molecule has 1 amide bonds. The van der Waals surface area contributed by atoms with E-state index in [1.807, 2.05) is 24.3 Å². The molecule has 0 radical (unpaired) electrons. The third-order valence-electron chi connectivity index (χ3n) is 3.61. The van der Waals surface area contributed by atoms with Crippen molar-refractivity contribution in [3.05, 3.63) is 54.1 Å². The van der Waals surface area contributed by atoms with E-state index in [9.17, 15) is 4.79 Å². The highest BCUT2D eigenvalue weighted by atomic mass is 16.5. The summed E-state index contributed by atoms with van der Waals surface area (Å²) in [4.78, 5) is 16.9. The molecule has 2 aromatic carbocycles. The lowest BCUT2D eigenvalue weighted by Crippen LogP contribution is -2.14. The molecule has 0 aliphatic carbocycles. The van der Waals surface area contributed by atoms with Crippen molar-refractivity contribution in [1.29, 1.82) is 0 Å². The van der Waals surface area contributed by atoms with Crippen LogP contribution in [0, 0.1) is 0 Å². The molecule has 0 aliphatic rings. The molecule has 8 heteroatoms. The van der Waals surface area contributed by atoms with Gasteiger partial charge in [-0.15, -0.1) is 5.10 Å². The minimum Gasteiger partial charge on any atom is -0.497 e. The average Bonchev–Trinajstić information content (AvgIpc) is 3.12. The molecule has 24 heavy (non-hydrogen) atoms. The lowest BCUT2D eigenvalue weighted by atomic mass is 10.2. The quantitative estimate of drug-likeness (QED) is 0.620. The highest BCUT2D eigenvalue weighted by Gasteiger charge is 2.14. The van der Waals surface area contributed by atoms with Crippen LogP contribution in [0.3, 0.4) is 0 Å². The van der Waals surface area contributed by atoms with Crippen LogP contribution in [0.25, 0.3) is 16.7 Å². The zero-order valence-electron chi connectivity index (χ0n) is 12.7. The van der Waals surface area contributed by atoms with Crippen LogP contribution >= 0.6 is 0 Å². The SMILES string of the molecule is COc1ccc(C(=O)Nc2nc3ccccc3n3nnnc23)cc1. The largest absolute Gasteiger partial charge is 0.497 e.